The molecule has 0 spiro atoms. The number of Topliss-reactive ketones (excluding diaryl/α,β-unsaturated/α-hetero) is 2. The summed E-state index contributed by atoms with van der Waals surface area (Å²) in [6.45, 7) is 2.78. The van der Waals surface area contributed by atoms with Crippen molar-refractivity contribution < 1.29 is 33.8 Å². The lowest BCUT2D eigenvalue weighted by Gasteiger charge is -2.21. The number of ether oxygens (including phenoxy) is 2. The van der Waals surface area contributed by atoms with E-state index in [0.29, 0.717) is 26.1 Å². The minimum absolute atomic E-state index is 0.00647. The van der Waals surface area contributed by atoms with Crippen molar-refractivity contribution in [1.82, 2.24) is 5.32 Å². The zero-order valence-corrected chi connectivity index (χ0v) is 19.4. The van der Waals surface area contributed by atoms with Crippen LogP contribution in [-0.4, -0.2) is 67.6 Å². The van der Waals surface area contributed by atoms with E-state index < -0.39 is 36.0 Å². The first-order chi connectivity index (χ1) is 16.3. The summed E-state index contributed by atoms with van der Waals surface area (Å²) in [5, 5.41) is 15.1. The van der Waals surface area contributed by atoms with Crippen LogP contribution in [0.15, 0.2) is 35.4 Å². The molecule has 1 aromatic carbocycles. The molecule has 0 saturated carbocycles. The van der Waals surface area contributed by atoms with Gasteiger partial charge in [0.15, 0.2) is 5.78 Å². The molecule has 0 aliphatic rings. The number of ketones is 2. The molecule has 0 radical (unpaired) electrons. The van der Waals surface area contributed by atoms with E-state index in [9.17, 15) is 24.3 Å². The molecule has 2 atom stereocenters. The highest BCUT2D eigenvalue weighted by Gasteiger charge is 2.28. The Morgan fingerprint density at radius 3 is 2.35 bits per heavy atom. The van der Waals surface area contributed by atoms with Crippen LogP contribution in [0.2, 0.25) is 0 Å². The largest absolute Gasteiger partial charge is 0.481 e. The maximum absolute atomic E-state index is 12.8. The Labute approximate surface area is 198 Å². The number of hydrogen-bond donors (Lipinski definition) is 2. The van der Waals surface area contributed by atoms with Gasteiger partial charge in [-0.15, -0.1) is 0 Å². The lowest BCUT2D eigenvalue weighted by molar-refractivity contribution is -0.140. The van der Waals surface area contributed by atoms with Crippen LogP contribution in [0.25, 0.3) is 10.4 Å². The van der Waals surface area contributed by atoms with Crippen LogP contribution in [0, 0.1) is 5.92 Å². The van der Waals surface area contributed by atoms with Crippen molar-refractivity contribution in [2.75, 3.05) is 33.0 Å². The van der Waals surface area contributed by atoms with E-state index in [2.05, 4.69) is 15.3 Å². The lowest BCUT2D eigenvalue weighted by Crippen LogP contribution is -2.45. The van der Waals surface area contributed by atoms with Crippen molar-refractivity contribution in [3.05, 3.63) is 46.3 Å². The molecule has 0 saturated heterocycles. The Morgan fingerprint density at radius 1 is 1.06 bits per heavy atom. The summed E-state index contributed by atoms with van der Waals surface area (Å²) in [5.41, 5.74) is 9.01. The van der Waals surface area contributed by atoms with Crippen LogP contribution < -0.4 is 5.32 Å². The van der Waals surface area contributed by atoms with Gasteiger partial charge < -0.3 is 24.7 Å². The third kappa shape index (κ3) is 13.3. The van der Waals surface area contributed by atoms with E-state index >= 15 is 0 Å². The maximum Gasteiger partial charge on any atom is 0.305 e. The van der Waals surface area contributed by atoms with Crippen LogP contribution in [0.3, 0.4) is 0 Å². The van der Waals surface area contributed by atoms with Crippen LogP contribution in [0.5, 0.6) is 0 Å². The molecular weight excluding hydrogens is 444 g/mol. The van der Waals surface area contributed by atoms with Gasteiger partial charge in [-0.25, -0.2) is 0 Å². The average Bonchev–Trinajstić information content (AvgIpc) is 2.79. The zero-order valence-electron chi connectivity index (χ0n) is 19.4. The fraction of sp³-hybridized carbons (Fsp3) is 0.565. The summed E-state index contributed by atoms with van der Waals surface area (Å²) >= 11 is 0. The summed E-state index contributed by atoms with van der Waals surface area (Å²) in [5.74, 6) is -3.01. The van der Waals surface area contributed by atoms with Crippen LogP contribution in [0.1, 0.15) is 38.2 Å². The van der Waals surface area contributed by atoms with Crippen molar-refractivity contribution in [1.29, 1.82) is 0 Å². The van der Waals surface area contributed by atoms with E-state index in [1.54, 1.807) is 0 Å². The lowest BCUT2D eigenvalue weighted by atomic mass is 9.93. The number of nitrogens with zero attached hydrogens (tertiary/aromatic N) is 3. The van der Waals surface area contributed by atoms with E-state index in [1.165, 1.54) is 6.92 Å². The second-order valence-corrected chi connectivity index (χ2v) is 7.70. The fourth-order valence-corrected chi connectivity index (χ4v) is 3.21. The van der Waals surface area contributed by atoms with Crippen molar-refractivity contribution in [2.45, 2.75) is 45.1 Å². The maximum atomic E-state index is 12.8. The van der Waals surface area contributed by atoms with Gasteiger partial charge in [0.2, 0.25) is 5.91 Å². The normalized spacial score (nSPS) is 12.3. The number of benzene rings is 1. The van der Waals surface area contributed by atoms with Gasteiger partial charge in [-0.2, -0.15) is 0 Å². The van der Waals surface area contributed by atoms with E-state index in [-0.39, 0.29) is 38.4 Å². The Hall–Kier alpha value is -3.27. The highest BCUT2D eigenvalue weighted by molar-refractivity contribution is 5.93. The smallest absolute Gasteiger partial charge is 0.305 e. The highest BCUT2D eigenvalue weighted by atomic mass is 16.5. The van der Waals surface area contributed by atoms with Gasteiger partial charge in [-0.05, 0) is 30.9 Å². The molecule has 0 fully saturated rings. The number of carboxylic acids is 1. The number of azide groups is 1. The molecule has 0 bridgehead atoms. The number of nitrogens with one attached hydrogen (secondary N) is 1. The van der Waals surface area contributed by atoms with Crippen molar-refractivity contribution in [3.63, 3.8) is 0 Å². The average molecular weight is 477 g/mol. The third-order valence-corrected chi connectivity index (χ3v) is 4.80. The first-order valence-electron chi connectivity index (χ1n) is 11.1. The summed E-state index contributed by atoms with van der Waals surface area (Å²) < 4.78 is 10.5. The molecule has 2 N–H and O–H groups in total. The Morgan fingerprint density at radius 2 is 1.74 bits per heavy atom. The van der Waals surface area contributed by atoms with E-state index in [1.807, 2.05) is 30.3 Å². The standard InChI is InChI=1S/C23H32N4O7/c1-17(28)14-19(15-18-6-3-2-4-7-18)23(32)26-20(16-22(30)31)21(29)8-5-10-33-12-13-34-11-9-25-27-24/h2-4,6-7,19-20H,5,8-16H2,1H3,(H,26,32)(H,30,31)/t19-,20-/m0/s1. The molecule has 34 heavy (non-hydrogen) atoms. The van der Waals surface area contributed by atoms with Gasteiger partial charge in [0.05, 0.1) is 32.3 Å². The van der Waals surface area contributed by atoms with Crippen molar-refractivity contribution in [3.8, 4) is 0 Å². The van der Waals surface area contributed by atoms with Crippen molar-refractivity contribution >= 4 is 23.4 Å². The highest BCUT2D eigenvalue weighted by Crippen LogP contribution is 2.14. The molecule has 1 amide bonds. The SMILES string of the molecule is CC(=O)C[C@@H](Cc1ccccc1)C(=O)N[C@@H](CC(=O)O)C(=O)CCCOCCOCCN=[N+]=[N-]. The monoisotopic (exact) mass is 476 g/mol. The van der Waals surface area contributed by atoms with Gasteiger partial charge >= 0.3 is 5.97 Å². The summed E-state index contributed by atoms with van der Waals surface area (Å²) in [4.78, 5) is 51.0. The first-order valence-corrected chi connectivity index (χ1v) is 11.1. The Bertz CT molecular complexity index is 841. The zero-order chi connectivity index (χ0) is 25.2. The summed E-state index contributed by atoms with van der Waals surface area (Å²) in [7, 11) is 0. The fourth-order valence-electron chi connectivity index (χ4n) is 3.21. The number of aliphatic carboxylic acids is 1. The second kappa shape index (κ2) is 17.2. The van der Waals surface area contributed by atoms with E-state index in [0.717, 1.165) is 5.56 Å². The molecule has 0 aliphatic carbocycles. The predicted molar refractivity (Wildman–Crippen MR) is 123 cm³/mol. The van der Waals surface area contributed by atoms with Crippen molar-refractivity contribution in [2.24, 2.45) is 11.0 Å². The second-order valence-electron chi connectivity index (χ2n) is 7.70. The number of hydrogen-bond acceptors (Lipinski definition) is 7. The summed E-state index contributed by atoms with van der Waals surface area (Å²) in [6.07, 6.45) is 0.144. The number of carbonyl (C=O) groups is 4. The Balaban J connectivity index is 2.54. The summed E-state index contributed by atoms with van der Waals surface area (Å²) in [6, 6.07) is 7.99. The minimum Gasteiger partial charge on any atom is -0.481 e. The molecule has 11 heteroatoms. The molecule has 0 aromatic heterocycles. The molecule has 1 rings (SSSR count). The third-order valence-electron chi connectivity index (χ3n) is 4.80. The van der Waals surface area contributed by atoms with Gasteiger partial charge in [0, 0.05) is 36.8 Å². The number of carbonyl (C=O) groups excluding carboxylic acids is 3. The van der Waals surface area contributed by atoms with Gasteiger partial charge in [-0.1, -0.05) is 35.4 Å². The van der Waals surface area contributed by atoms with Crippen LogP contribution in [0.4, 0.5) is 0 Å². The molecule has 0 unspecified atom stereocenters. The number of carboxylic acid groups (broad SMARTS) is 1. The Kier molecular flexibility index (Phi) is 14.6. The molecule has 186 valence electrons. The quantitative estimate of drug-likeness (QED) is 0.134. The molecule has 11 nitrogen and oxygen atoms in total. The molecule has 0 heterocycles. The molecule has 1 aromatic rings. The van der Waals surface area contributed by atoms with Crippen LogP contribution >= 0.6 is 0 Å². The molecular formula is C23H32N4O7. The van der Waals surface area contributed by atoms with Gasteiger partial charge in [0.25, 0.3) is 0 Å². The molecule has 0 aliphatic heterocycles. The van der Waals surface area contributed by atoms with Crippen LogP contribution in [-0.2, 0) is 35.1 Å². The minimum atomic E-state index is -1.21. The van der Waals surface area contributed by atoms with Gasteiger partial charge in [0.1, 0.15) is 5.78 Å². The van der Waals surface area contributed by atoms with E-state index in [4.69, 9.17) is 15.0 Å². The topological polar surface area (TPSA) is 168 Å². The predicted octanol–water partition coefficient (Wildman–Crippen LogP) is 2.48. The first kappa shape index (κ1) is 28.8. The van der Waals surface area contributed by atoms with Gasteiger partial charge in [-0.3, -0.25) is 14.4 Å². The number of rotatable bonds is 19. The number of amides is 1.